The Morgan fingerprint density at radius 2 is 1.81 bits per heavy atom. The van der Waals surface area contributed by atoms with Crippen molar-refractivity contribution in [2.45, 2.75) is 13.5 Å². The van der Waals surface area contributed by atoms with Crippen molar-refractivity contribution in [1.82, 2.24) is 24.5 Å². The van der Waals surface area contributed by atoms with Crippen LogP contribution < -0.4 is 0 Å². The molecule has 2 heterocycles. The molecule has 0 amide bonds. The third kappa shape index (κ3) is 4.44. The molecular formula is C21H16Cl3N5O2. The van der Waals surface area contributed by atoms with Crippen molar-refractivity contribution < 1.29 is 9.53 Å². The summed E-state index contributed by atoms with van der Waals surface area (Å²) in [5, 5.41) is 10.2. The van der Waals surface area contributed by atoms with Crippen LogP contribution in [-0.2, 0) is 11.3 Å². The molecule has 0 aliphatic heterocycles. The lowest BCUT2D eigenvalue weighted by atomic mass is 10.0. The summed E-state index contributed by atoms with van der Waals surface area (Å²) < 4.78 is 8.48. The Morgan fingerprint density at radius 3 is 2.45 bits per heavy atom. The zero-order valence-electron chi connectivity index (χ0n) is 16.3. The van der Waals surface area contributed by atoms with Crippen LogP contribution in [0.3, 0.4) is 0 Å². The van der Waals surface area contributed by atoms with Gasteiger partial charge in [-0.3, -0.25) is 0 Å². The maximum absolute atomic E-state index is 12.8. The van der Waals surface area contributed by atoms with Crippen LogP contribution in [0.2, 0.25) is 15.1 Å². The minimum atomic E-state index is -0.545. The topological polar surface area (TPSA) is 74.8 Å². The van der Waals surface area contributed by atoms with Crippen LogP contribution in [0.25, 0.3) is 16.9 Å². The van der Waals surface area contributed by atoms with E-state index in [2.05, 4.69) is 15.2 Å². The SMILES string of the molecule is CCOC(=O)c1nn(-c2ccc(Cl)cc2Cl)c(-c2ccc(Cl)cc2)c1Cn1cncn1. The van der Waals surface area contributed by atoms with Crippen molar-refractivity contribution >= 4 is 40.8 Å². The number of rotatable bonds is 6. The van der Waals surface area contributed by atoms with Crippen LogP contribution in [0.5, 0.6) is 0 Å². The van der Waals surface area contributed by atoms with Crippen molar-refractivity contribution in [3.63, 3.8) is 0 Å². The average Bonchev–Trinajstić information content (AvgIpc) is 3.38. The van der Waals surface area contributed by atoms with Gasteiger partial charge in [0.1, 0.15) is 12.7 Å². The molecule has 0 spiro atoms. The number of esters is 1. The molecule has 31 heavy (non-hydrogen) atoms. The molecule has 0 aliphatic rings. The van der Waals surface area contributed by atoms with Crippen LogP contribution in [-0.4, -0.2) is 37.1 Å². The maximum Gasteiger partial charge on any atom is 0.359 e. The van der Waals surface area contributed by atoms with E-state index in [1.165, 1.54) is 6.33 Å². The van der Waals surface area contributed by atoms with E-state index in [0.717, 1.165) is 5.56 Å². The zero-order chi connectivity index (χ0) is 22.0. The Bertz CT molecular complexity index is 1220. The Morgan fingerprint density at radius 1 is 1.06 bits per heavy atom. The Hall–Kier alpha value is -2.87. The smallest absolute Gasteiger partial charge is 0.359 e. The fourth-order valence-electron chi connectivity index (χ4n) is 3.17. The van der Waals surface area contributed by atoms with E-state index in [4.69, 9.17) is 39.5 Å². The zero-order valence-corrected chi connectivity index (χ0v) is 18.6. The van der Waals surface area contributed by atoms with E-state index in [9.17, 15) is 4.79 Å². The van der Waals surface area contributed by atoms with Gasteiger partial charge in [-0.1, -0.05) is 46.9 Å². The summed E-state index contributed by atoms with van der Waals surface area (Å²) in [4.78, 5) is 16.8. The first-order chi connectivity index (χ1) is 15.0. The first-order valence-electron chi connectivity index (χ1n) is 9.30. The number of hydrogen-bond acceptors (Lipinski definition) is 5. The number of hydrogen-bond donors (Lipinski definition) is 0. The lowest BCUT2D eigenvalue weighted by Crippen LogP contribution is -2.11. The van der Waals surface area contributed by atoms with Gasteiger partial charge < -0.3 is 4.74 Å². The van der Waals surface area contributed by atoms with E-state index in [-0.39, 0.29) is 18.8 Å². The molecule has 0 saturated heterocycles. The molecule has 0 aliphatic carbocycles. The van der Waals surface area contributed by atoms with Crippen LogP contribution in [0.15, 0.2) is 55.1 Å². The molecule has 0 radical (unpaired) electrons. The van der Waals surface area contributed by atoms with Gasteiger partial charge in [0.25, 0.3) is 0 Å². The number of carbonyl (C=O) groups is 1. The molecule has 0 unspecified atom stereocenters. The summed E-state index contributed by atoms with van der Waals surface area (Å²) in [5.41, 5.74) is 2.77. The summed E-state index contributed by atoms with van der Waals surface area (Å²) in [5.74, 6) is -0.545. The molecule has 0 saturated carbocycles. The average molecular weight is 477 g/mol. The summed E-state index contributed by atoms with van der Waals surface area (Å²) in [7, 11) is 0. The standard InChI is InChI=1S/C21H16Cl3N5O2/c1-2-31-21(30)19-16(10-28-12-25-11-26-28)20(13-3-5-14(22)6-4-13)29(27-19)18-8-7-15(23)9-17(18)24/h3-9,11-12H,2,10H2,1H3. The molecule has 158 valence electrons. The molecule has 10 heteroatoms. The molecule has 0 atom stereocenters. The second-order valence-corrected chi connectivity index (χ2v) is 7.78. The fourth-order valence-corrected chi connectivity index (χ4v) is 3.79. The summed E-state index contributed by atoms with van der Waals surface area (Å²) >= 11 is 18.7. The lowest BCUT2D eigenvalue weighted by Gasteiger charge is -2.12. The molecule has 0 bridgehead atoms. The Kier molecular flexibility index (Phi) is 6.27. The first-order valence-corrected chi connectivity index (χ1v) is 10.4. The highest BCUT2D eigenvalue weighted by molar-refractivity contribution is 6.35. The van der Waals surface area contributed by atoms with E-state index >= 15 is 0 Å². The van der Waals surface area contributed by atoms with Crippen LogP contribution >= 0.6 is 34.8 Å². The number of halogens is 3. The van der Waals surface area contributed by atoms with Crippen LogP contribution in [0.1, 0.15) is 23.0 Å². The van der Waals surface area contributed by atoms with Crippen molar-refractivity contribution in [2.75, 3.05) is 6.61 Å². The van der Waals surface area contributed by atoms with Crippen molar-refractivity contribution in [2.24, 2.45) is 0 Å². The largest absolute Gasteiger partial charge is 0.461 e. The molecule has 4 aromatic rings. The summed E-state index contributed by atoms with van der Waals surface area (Å²) in [6.07, 6.45) is 2.99. The predicted octanol–water partition coefficient (Wildman–Crippen LogP) is 5.32. The molecule has 0 fully saturated rings. The molecule has 2 aromatic carbocycles. The fraction of sp³-hybridized carbons (Fsp3) is 0.143. The van der Waals surface area contributed by atoms with Gasteiger partial charge in [0.2, 0.25) is 0 Å². The molecule has 7 nitrogen and oxygen atoms in total. The maximum atomic E-state index is 12.8. The van der Waals surface area contributed by atoms with Gasteiger partial charge in [-0.15, -0.1) is 0 Å². The van der Waals surface area contributed by atoms with E-state index in [0.29, 0.717) is 32.0 Å². The highest BCUT2D eigenvalue weighted by atomic mass is 35.5. The normalized spacial score (nSPS) is 11.0. The van der Waals surface area contributed by atoms with E-state index in [1.807, 2.05) is 12.1 Å². The van der Waals surface area contributed by atoms with Crippen molar-refractivity contribution in [1.29, 1.82) is 0 Å². The minimum absolute atomic E-state index is 0.160. The Labute approximate surface area is 193 Å². The predicted molar refractivity (Wildman–Crippen MR) is 119 cm³/mol. The summed E-state index contributed by atoms with van der Waals surface area (Å²) in [6.45, 7) is 2.20. The highest BCUT2D eigenvalue weighted by Gasteiger charge is 2.27. The van der Waals surface area contributed by atoms with Crippen molar-refractivity contribution in [3.05, 3.63) is 81.4 Å². The van der Waals surface area contributed by atoms with Gasteiger partial charge in [-0.2, -0.15) is 10.2 Å². The number of ether oxygens (including phenoxy) is 1. The van der Waals surface area contributed by atoms with Gasteiger partial charge in [0.15, 0.2) is 5.69 Å². The van der Waals surface area contributed by atoms with Crippen LogP contribution in [0, 0.1) is 0 Å². The van der Waals surface area contributed by atoms with Gasteiger partial charge in [-0.05, 0) is 37.3 Å². The first kappa shape index (κ1) is 21.4. The minimum Gasteiger partial charge on any atom is -0.461 e. The van der Waals surface area contributed by atoms with Crippen LogP contribution in [0.4, 0.5) is 0 Å². The highest BCUT2D eigenvalue weighted by Crippen LogP contribution is 2.34. The third-order valence-electron chi connectivity index (χ3n) is 4.49. The number of carbonyl (C=O) groups excluding carboxylic acids is 1. The number of nitrogens with zero attached hydrogens (tertiary/aromatic N) is 5. The van der Waals surface area contributed by atoms with E-state index < -0.39 is 5.97 Å². The molecule has 4 rings (SSSR count). The molecule has 2 aromatic heterocycles. The molecule has 0 N–H and O–H groups in total. The lowest BCUT2D eigenvalue weighted by molar-refractivity contribution is 0.0517. The molecular weight excluding hydrogens is 461 g/mol. The monoisotopic (exact) mass is 475 g/mol. The third-order valence-corrected chi connectivity index (χ3v) is 5.28. The van der Waals surface area contributed by atoms with E-state index in [1.54, 1.807) is 52.9 Å². The van der Waals surface area contributed by atoms with Gasteiger partial charge in [0.05, 0.1) is 29.6 Å². The quantitative estimate of drug-likeness (QED) is 0.352. The van der Waals surface area contributed by atoms with Gasteiger partial charge >= 0.3 is 5.97 Å². The Balaban J connectivity index is 2.00. The summed E-state index contributed by atoms with van der Waals surface area (Å²) in [6, 6.07) is 12.3. The van der Waals surface area contributed by atoms with Gasteiger partial charge in [-0.25, -0.2) is 19.1 Å². The number of benzene rings is 2. The second-order valence-electron chi connectivity index (χ2n) is 6.50. The van der Waals surface area contributed by atoms with Gasteiger partial charge in [0, 0.05) is 21.2 Å². The van der Waals surface area contributed by atoms with Crippen molar-refractivity contribution in [3.8, 4) is 16.9 Å². The second kappa shape index (κ2) is 9.09. The number of aromatic nitrogens is 5.